The smallest absolute Gasteiger partial charge is 0.257 e. The highest BCUT2D eigenvalue weighted by atomic mass is 16.5. The van der Waals surface area contributed by atoms with Crippen molar-refractivity contribution in [2.75, 3.05) is 5.32 Å². The summed E-state index contributed by atoms with van der Waals surface area (Å²) in [5.41, 5.74) is 5.20. The van der Waals surface area contributed by atoms with Crippen LogP contribution in [0.15, 0.2) is 35.0 Å². The van der Waals surface area contributed by atoms with E-state index in [0.29, 0.717) is 11.8 Å². The van der Waals surface area contributed by atoms with Crippen LogP contribution in [-0.2, 0) is 0 Å². The van der Waals surface area contributed by atoms with Gasteiger partial charge in [-0.3, -0.25) is 0 Å². The first kappa shape index (κ1) is 15.7. The number of hydrogen-bond acceptors (Lipinski definition) is 6. The summed E-state index contributed by atoms with van der Waals surface area (Å²) in [5, 5.41) is 15.7. The van der Waals surface area contributed by atoms with E-state index in [1.165, 1.54) is 18.4 Å². The molecule has 1 atom stereocenters. The molecule has 0 amide bonds. The summed E-state index contributed by atoms with van der Waals surface area (Å²) in [4.78, 5) is 4.50. The van der Waals surface area contributed by atoms with Crippen LogP contribution in [0.2, 0.25) is 0 Å². The van der Waals surface area contributed by atoms with Crippen LogP contribution in [0.3, 0.4) is 0 Å². The molecule has 25 heavy (non-hydrogen) atoms. The topological polar surface area (TPSA) is 76.7 Å². The number of anilines is 1. The van der Waals surface area contributed by atoms with E-state index in [9.17, 15) is 0 Å². The molecule has 0 radical (unpaired) electrons. The Morgan fingerprint density at radius 3 is 2.64 bits per heavy atom. The van der Waals surface area contributed by atoms with Gasteiger partial charge in [-0.1, -0.05) is 17.3 Å². The van der Waals surface area contributed by atoms with E-state index in [0.717, 1.165) is 28.3 Å². The molecule has 1 aliphatic carbocycles. The minimum atomic E-state index is 0.154. The van der Waals surface area contributed by atoms with Gasteiger partial charge < -0.3 is 9.84 Å². The summed E-state index contributed by atoms with van der Waals surface area (Å²) < 4.78 is 5.38. The number of nitrogens with zero attached hydrogens (tertiary/aromatic N) is 4. The molecule has 2 aromatic heterocycles. The summed E-state index contributed by atoms with van der Waals surface area (Å²) in [6.45, 7) is 6.14. The van der Waals surface area contributed by atoms with E-state index < -0.39 is 0 Å². The number of nitrogens with one attached hydrogen (secondary N) is 1. The van der Waals surface area contributed by atoms with Crippen LogP contribution in [0.1, 0.15) is 54.4 Å². The fourth-order valence-electron chi connectivity index (χ4n) is 2.78. The number of benzene rings is 1. The molecule has 6 heteroatoms. The fourth-order valence-corrected chi connectivity index (χ4v) is 2.78. The van der Waals surface area contributed by atoms with Gasteiger partial charge in [0.2, 0.25) is 0 Å². The molecule has 1 aromatic carbocycles. The highest BCUT2D eigenvalue weighted by molar-refractivity contribution is 5.55. The molecule has 1 fully saturated rings. The van der Waals surface area contributed by atoms with Crippen molar-refractivity contribution in [1.82, 2.24) is 20.3 Å². The third-order valence-electron chi connectivity index (χ3n) is 4.76. The molecular formula is C19H21N5O. The summed E-state index contributed by atoms with van der Waals surface area (Å²) in [6.07, 6.45) is 4.11. The fraction of sp³-hybridized carbons (Fsp3) is 0.368. The zero-order valence-corrected chi connectivity index (χ0v) is 14.7. The average Bonchev–Trinajstić information content (AvgIpc) is 3.36. The lowest BCUT2D eigenvalue weighted by molar-refractivity contribution is 0.422. The minimum absolute atomic E-state index is 0.154. The van der Waals surface area contributed by atoms with Crippen molar-refractivity contribution >= 4 is 5.69 Å². The minimum Gasteiger partial charge on any atom is -0.377 e. The Bertz CT molecular complexity index is 883. The maximum atomic E-state index is 5.38. The number of rotatable bonds is 5. The Kier molecular flexibility index (Phi) is 3.95. The van der Waals surface area contributed by atoms with Crippen molar-refractivity contribution in [3.63, 3.8) is 0 Å². The summed E-state index contributed by atoms with van der Waals surface area (Å²) in [7, 11) is 0. The molecule has 1 N–H and O–H groups in total. The maximum Gasteiger partial charge on any atom is 0.257 e. The van der Waals surface area contributed by atoms with Gasteiger partial charge in [0.1, 0.15) is 0 Å². The van der Waals surface area contributed by atoms with Crippen LogP contribution in [0.25, 0.3) is 11.5 Å². The molecule has 2 heterocycles. The lowest BCUT2D eigenvalue weighted by Gasteiger charge is -2.17. The molecule has 0 bridgehead atoms. The van der Waals surface area contributed by atoms with E-state index in [1.54, 1.807) is 6.20 Å². The highest BCUT2D eigenvalue weighted by Crippen LogP contribution is 2.38. The van der Waals surface area contributed by atoms with Crippen LogP contribution in [0, 0.1) is 13.8 Å². The molecule has 4 rings (SSSR count). The molecule has 1 saturated carbocycles. The summed E-state index contributed by atoms with van der Waals surface area (Å²) in [6, 6.07) is 8.39. The van der Waals surface area contributed by atoms with Crippen molar-refractivity contribution in [3.8, 4) is 11.5 Å². The third-order valence-corrected chi connectivity index (χ3v) is 4.76. The van der Waals surface area contributed by atoms with Crippen molar-refractivity contribution in [1.29, 1.82) is 0 Å². The Morgan fingerprint density at radius 1 is 1.16 bits per heavy atom. The second-order valence-electron chi connectivity index (χ2n) is 6.69. The van der Waals surface area contributed by atoms with E-state index in [4.69, 9.17) is 4.52 Å². The van der Waals surface area contributed by atoms with Crippen LogP contribution in [0.4, 0.5) is 5.69 Å². The van der Waals surface area contributed by atoms with Crippen molar-refractivity contribution in [3.05, 3.63) is 53.1 Å². The number of aryl methyl sites for hydroxylation is 1. The molecule has 1 aliphatic rings. The first-order valence-electron chi connectivity index (χ1n) is 8.61. The van der Waals surface area contributed by atoms with Gasteiger partial charge >= 0.3 is 0 Å². The average molecular weight is 335 g/mol. The maximum absolute atomic E-state index is 5.38. The van der Waals surface area contributed by atoms with Crippen molar-refractivity contribution < 1.29 is 4.52 Å². The monoisotopic (exact) mass is 335 g/mol. The zero-order valence-electron chi connectivity index (χ0n) is 14.7. The molecule has 0 saturated heterocycles. The summed E-state index contributed by atoms with van der Waals surface area (Å²) >= 11 is 0. The number of aromatic nitrogens is 4. The van der Waals surface area contributed by atoms with Crippen molar-refractivity contribution in [2.24, 2.45) is 0 Å². The molecule has 1 unspecified atom stereocenters. The molecule has 3 aromatic rings. The Hall–Kier alpha value is -2.76. The van der Waals surface area contributed by atoms with Crippen molar-refractivity contribution in [2.45, 2.75) is 45.6 Å². The zero-order chi connectivity index (χ0) is 17.4. The first-order chi connectivity index (χ1) is 12.1. The molecule has 128 valence electrons. The van der Waals surface area contributed by atoms with Crippen LogP contribution < -0.4 is 5.32 Å². The predicted molar refractivity (Wildman–Crippen MR) is 95.3 cm³/mol. The van der Waals surface area contributed by atoms with Crippen LogP contribution >= 0.6 is 0 Å². The van der Waals surface area contributed by atoms with E-state index in [-0.39, 0.29) is 6.04 Å². The molecular weight excluding hydrogens is 314 g/mol. The second kappa shape index (κ2) is 6.27. The lowest BCUT2D eigenvalue weighted by atomic mass is 10.1. The van der Waals surface area contributed by atoms with Gasteiger partial charge in [0.15, 0.2) is 5.82 Å². The van der Waals surface area contributed by atoms with E-state index >= 15 is 0 Å². The van der Waals surface area contributed by atoms with Crippen LogP contribution in [0.5, 0.6) is 0 Å². The lowest BCUT2D eigenvalue weighted by Crippen LogP contribution is -2.09. The van der Waals surface area contributed by atoms with Gasteiger partial charge in [-0.25, -0.2) is 0 Å². The van der Waals surface area contributed by atoms with Gasteiger partial charge in [-0.05, 0) is 56.9 Å². The van der Waals surface area contributed by atoms with Gasteiger partial charge in [0.25, 0.3) is 5.89 Å². The standard InChI is InChI=1S/C19H21N5O/c1-11-12(2)23-20-10-17(11)21-13(3)14-4-8-16(9-5-14)19-22-18(24-25-19)15-6-7-15/h4-5,8-10,13,15H,6-7H2,1-3H3,(H,21,23). The quantitative estimate of drug-likeness (QED) is 0.753. The normalized spacial score (nSPS) is 15.2. The van der Waals surface area contributed by atoms with E-state index in [1.807, 2.05) is 19.1 Å². The number of hydrogen-bond donors (Lipinski definition) is 1. The Morgan fingerprint density at radius 2 is 1.92 bits per heavy atom. The molecule has 6 nitrogen and oxygen atoms in total. The summed E-state index contributed by atoms with van der Waals surface area (Å²) in [5.74, 6) is 1.94. The molecule has 0 aliphatic heterocycles. The van der Waals surface area contributed by atoms with E-state index in [2.05, 4.69) is 51.6 Å². The first-order valence-corrected chi connectivity index (χ1v) is 8.61. The largest absolute Gasteiger partial charge is 0.377 e. The second-order valence-corrected chi connectivity index (χ2v) is 6.69. The van der Waals surface area contributed by atoms with Gasteiger partial charge in [0, 0.05) is 17.5 Å². The van der Waals surface area contributed by atoms with Gasteiger partial charge in [0.05, 0.1) is 17.6 Å². The molecule has 0 spiro atoms. The highest BCUT2D eigenvalue weighted by Gasteiger charge is 2.28. The van der Waals surface area contributed by atoms with Crippen LogP contribution in [-0.4, -0.2) is 20.3 Å². The van der Waals surface area contributed by atoms with Gasteiger partial charge in [-0.15, -0.1) is 0 Å². The third kappa shape index (κ3) is 3.24. The SMILES string of the molecule is Cc1nncc(NC(C)c2ccc(-c3nc(C4CC4)no3)cc2)c1C. The predicted octanol–water partition coefficient (Wildman–Crippen LogP) is 4.19. The Labute approximate surface area is 146 Å². The Balaban J connectivity index is 1.49. The van der Waals surface area contributed by atoms with Gasteiger partial charge in [-0.2, -0.15) is 15.2 Å².